The molecule has 13 rings (SSSR count). The lowest BCUT2D eigenvalue weighted by atomic mass is 9.77. The molecule has 1 aliphatic carbocycles. The van der Waals surface area contributed by atoms with E-state index in [0.29, 0.717) is 208 Å². The number of benzene rings is 2. The number of unbranched alkanes of at least 4 members (excludes halogenated alkanes) is 1. The Labute approximate surface area is 810 Å². The van der Waals surface area contributed by atoms with Crippen LogP contribution in [0.4, 0.5) is 17.8 Å². The third kappa shape index (κ3) is 28.1. The normalized spacial score (nSPS) is 26.6. The third-order valence-electron chi connectivity index (χ3n) is 27.3. The summed E-state index contributed by atoms with van der Waals surface area (Å²) in [5.74, 6) is -7.76. The lowest BCUT2D eigenvalue weighted by molar-refractivity contribution is -0.265. The predicted octanol–water partition coefficient (Wildman–Crippen LogP) is 9.23. The number of esters is 1. The molecule has 0 radical (unpaired) electrons. The van der Waals surface area contributed by atoms with Gasteiger partial charge in [-0.1, -0.05) is 99.7 Å². The van der Waals surface area contributed by atoms with Crippen LogP contribution in [0.3, 0.4) is 0 Å². The number of fused-ring (bicyclic) bond motifs is 5. The first-order chi connectivity index (χ1) is 67.2. The van der Waals surface area contributed by atoms with Crippen LogP contribution in [0.15, 0.2) is 126 Å². The van der Waals surface area contributed by atoms with Crippen molar-refractivity contribution < 1.29 is 95.9 Å². The van der Waals surface area contributed by atoms with Crippen LogP contribution < -0.4 is 21.7 Å². The summed E-state index contributed by atoms with van der Waals surface area (Å²) in [6.45, 7) is 20.3. The number of piperidine rings is 1. The molecular formula is C100H139N19O20. The zero-order chi connectivity index (χ0) is 98.7. The fourth-order valence-corrected chi connectivity index (χ4v) is 19.3. The van der Waals surface area contributed by atoms with Crippen LogP contribution >= 0.6 is 0 Å². The summed E-state index contributed by atoms with van der Waals surface area (Å²) >= 11 is 0. The molecule has 8 aromatic rings. The number of rotatable bonds is 37. The quantitative estimate of drug-likeness (QED) is 0.00913. The number of nitrogens with two attached hydrogens (primary N) is 2. The number of nitrogens with zero attached hydrogens (tertiary/aromatic N) is 16. The lowest BCUT2D eigenvalue weighted by Gasteiger charge is -2.42. The molecule has 4 fully saturated rings. The molecule has 2 bridgehead atoms. The second kappa shape index (κ2) is 51.5. The summed E-state index contributed by atoms with van der Waals surface area (Å²) in [5.41, 5.74) is 20.6. The molecular weight excluding hydrogens is 1790 g/mol. The maximum absolute atomic E-state index is 15.0. The van der Waals surface area contributed by atoms with E-state index in [2.05, 4.69) is 56.8 Å². The first kappa shape index (κ1) is 105. The van der Waals surface area contributed by atoms with Crippen molar-refractivity contribution >= 4 is 75.0 Å². The highest BCUT2D eigenvalue weighted by molar-refractivity contribution is 6.39. The van der Waals surface area contributed by atoms with Crippen molar-refractivity contribution in [1.82, 2.24) is 79.8 Å². The number of ketones is 3. The topological polar surface area (TPSA) is 486 Å². The minimum absolute atomic E-state index is 0.0203. The number of Topliss-reactive ketones (excluding diaryl/α,β-unsaturated/α-hetero) is 3. The number of nitrogen functional groups attached to an aromatic ring is 2. The van der Waals surface area contributed by atoms with E-state index in [1.165, 1.54) is 18.3 Å². The van der Waals surface area contributed by atoms with Crippen molar-refractivity contribution in [2.75, 3.05) is 143 Å². The van der Waals surface area contributed by atoms with Crippen LogP contribution in [0.2, 0.25) is 0 Å². The fraction of sp³-hybridized carbons (Fsp3) is 0.600. The van der Waals surface area contributed by atoms with Crippen molar-refractivity contribution in [2.45, 2.75) is 225 Å². The second-order valence-electron chi connectivity index (χ2n) is 37.4. The van der Waals surface area contributed by atoms with Gasteiger partial charge in [0.25, 0.3) is 17.7 Å². The van der Waals surface area contributed by atoms with Crippen LogP contribution in [0.1, 0.15) is 157 Å². The number of aryl methyl sites for hydroxylation is 1. The Bertz CT molecular complexity index is 5490. The van der Waals surface area contributed by atoms with E-state index in [0.717, 1.165) is 52.1 Å². The van der Waals surface area contributed by atoms with Crippen LogP contribution in [0.5, 0.6) is 0 Å². The number of amides is 2. The minimum atomic E-state index is -2.49. The van der Waals surface area contributed by atoms with E-state index in [4.69, 9.17) is 78.3 Å². The summed E-state index contributed by atoms with van der Waals surface area (Å²) in [4.78, 5) is 114. The Kier molecular flexibility index (Phi) is 39.0. The highest BCUT2D eigenvalue weighted by atomic mass is 16.6. The number of piperazine rings is 1. The Morgan fingerprint density at radius 2 is 1.49 bits per heavy atom. The molecule has 2 aromatic carbocycles. The molecule has 1 unspecified atom stereocenters. The number of carbonyl (C=O) groups is 6. The minimum Gasteiger partial charge on any atom is -0.460 e. The number of allylic oxidation sites excluding steroid dienone is 6. The lowest BCUT2D eigenvalue weighted by Crippen LogP contribution is -2.61. The first-order valence-corrected chi connectivity index (χ1v) is 48.8. The number of aliphatic hydroxyl groups excluding tert-OH is 2. The zero-order valence-electron chi connectivity index (χ0n) is 81.7. The molecule has 6 aromatic heterocycles. The molecule has 0 spiro atoms. The van der Waals surface area contributed by atoms with Gasteiger partial charge in [0.15, 0.2) is 17.0 Å². The summed E-state index contributed by atoms with van der Waals surface area (Å²) in [7, 11) is 4.64. The zero-order valence-corrected chi connectivity index (χ0v) is 81.7. The van der Waals surface area contributed by atoms with Gasteiger partial charge in [-0.3, -0.25) is 28.9 Å². The second-order valence-corrected chi connectivity index (χ2v) is 37.4. The van der Waals surface area contributed by atoms with E-state index in [9.17, 15) is 44.1 Å². The Balaban J connectivity index is 0.524. The first-order valence-electron chi connectivity index (χ1n) is 48.8. The highest BCUT2D eigenvalue weighted by Gasteiger charge is 2.53. The smallest absolute Gasteiger partial charge is 0.329 e. The molecule has 4 aliphatic heterocycles. The molecule has 39 heteroatoms. The van der Waals surface area contributed by atoms with Crippen molar-refractivity contribution in [3.63, 3.8) is 0 Å². The van der Waals surface area contributed by atoms with Gasteiger partial charge in [0.05, 0.1) is 133 Å². The van der Waals surface area contributed by atoms with Gasteiger partial charge in [-0.2, -0.15) is 10.1 Å². The predicted molar refractivity (Wildman–Crippen MR) is 516 cm³/mol. The number of aromatic nitrogens is 13. The number of oxazole rings is 1. The number of cyclic esters (lactones) is 1. The van der Waals surface area contributed by atoms with Gasteiger partial charge < -0.3 is 93.7 Å². The number of anilines is 3. The summed E-state index contributed by atoms with van der Waals surface area (Å²) in [5, 5.41) is 61.0. The largest absolute Gasteiger partial charge is 0.460 e. The monoisotopic (exact) mass is 1930 g/mol. The van der Waals surface area contributed by atoms with Gasteiger partial charge in [-0.05, 0) is 150 Å². The molecule has 5 aliphatic rings. The van der Waals surface area contributed by atoms with E-state index < -0.39 is 83.7 Å². The van der Waals surface area contributed by atoms with E-state index >= 15 is 0 Å². The molecule has 1 saturated carbocycles. The number of nitrogens with one attached hydrogen (secondary N) is 1. The Morgan fingerprint density at radius 1 is 0.741 bits per heavy atom. The Morgan fingerprint density at radius 3 is 2.23 bits per heavy atom. The number of hydrogen-bond donors (Lipinski definition) is 6. The van der Waals surface area contributed by atoms with E-state index in [1.54, 1.807) is 62.7 Å². The van der Waals surface area contributed by atoms with Gasteiger partial charge in [-0.15, -0.1) is 10.2 Å². The van der Waals surface area contributed by atoms with Gasteiger partial charge >= 0.3 is 5.97 Å². The van der Waals surface area contributed by atoms with Crippen molar-refractivity contribution in [1.29, 1.82) is 0 Å². The number of carbonyl (C=O) groups excluding carboxylic acids is 6. The van der Waals surface area contributed by atoms with Crippen LogP contribution in [-0.4, -0.2) is 306 Å². The van der Waals surface area contributed by atoms with Crippen LogP contribution in [0, 0.1) is 35.5 Å². The van der Waals surface area contributed by atoms with Gasteiger partial charge in [-0.25, -0.2) is 38.8 Å². The highest BCUT2D eigenvalue weighted by Crippen LogP contribution is 2.43. The summed E-state index contributed by atoms with van der Waals surface area (Å²) < 4.78 is 70.0. The Hall–Kier alpha value is -10.9. The van der Waals surface area contributed by atoms with Crippen molar-refractivity contribution in [2.24, 2.45) is 35.5 Å². The standard InChI is InChI=1S/C100H139N19O20/c1-63-19-12-11-13-20-64(2)84(129-8)53-77-27-24-69(7)100(128,139-77)93(125)96(126)117-32-16-14-23-80(117)97(127)137-85(54-82(121)65(3)48-68(6)91(124)92(131-10)90(123)67(5)47-63)66(4)49-70-25-28-79(86(50-70)130-9)119-81(57-108-112-119)72-22-18-21-71(51-72)74-55-104-99(105-56-74)115-35-34-114(76(60-115)61-120)58-75-59-116(113-110-75)36-38-133-40-42-135-44-46-136-45-43-134-41-39-132-37-30-87(122)103-31-15-17-33-118-95-88(94(101)106-62-107-95)89(111-118)73-26-29-83-78(52-73)109-98(102)138-83/h11-13,18-22,26,29,48,51-52,55-57,59,62-63,65-67,69-70,76-77,79-80,84-86,91-92,120,124,128H,14-17,23-25,27-28,30-47,49-50,53-54,58,60-61H2,1-10H3,(H2,102,109)(H,103,122)(H2,101,106,107)/b13-11+,19-12+,64-20+,68-48+/t63-,65-,66-,67-,69-,70+,76?,77+,79+,80+,84+,85+,86-,91-,92+,100-/m1/s1. The number of hydrogen-bond acceptors (Lipinski definition) is 34. The summed E-state index contributed by atoms with van der Waals surface area (Å²) in [6.07, 6.45) is 21.6. The van der Waals surface area contributed by atoms with E-state index in [-0.39, 0.29) is 99.0 Å². The molecule has 3 saturated heterocycles. The van der Waals surface area contributed by atoms with Gasteiger partial charge in [0, 0.05) is 139 Å². The van der Waals surface area contributed by atoms with Gasteiger partial charge in [0.2, 0.25) is 17.6 Å². The maximum atomic E-state index is 15.0. The SMILES string of the molecule is CO[C@H]1C[C@@H]2CC[C@@H](C)[C@@](O)(O2)C(=O)C(=O)N2CCCC[C@H]2C(=O)O[C@H]([C@H](C)C[C@@H]2CC[C@H](n3nncc3-c3cccc(-c4cnc(N5CCN(Cc6cn(CCOCCOCCOCCOCCOCCC(=O)NCCCCn7nc(-c8ccc9oc(N)nc9c8)c8c(N)ncnc87)nn6)C(CO)C5)nc4)c3)[C@H](OC)C2)CC(=O)[C@H](C)/C=C(\C)[C@@H](O)[C@@H](OC)C(=O)[C@H](C)C[C@H](C)/C=C/C=C/C=C/1C. The number of methoxy groups -OCH3 is 3. The molecule has 10 heterocycles. The summed E-state index contributed by atoms with van der Waals surface area (Å²) in [6, 6.07) is 12.0. The third-order valence-corrected chi connectivity index (χ3v) is 27.3. The molecule has 8 N–H and O–H groups in total. The fourth-order valence-electron chi connectivity index (χ4n) is 19.3. The number of ether oxygens (including phenoxy) is 10. The molecule has 2 amide bonds. The van der Waals surface area contributed by atoms with Crippen molar-refractivity contribution in [3.8, 4) is 33.6 Å². The van der Waals surface area contributed by atoms with Crippen LogP contribution in [0.25, 0.3) is 55.8 Å². The van der Waals surface area contributed by atoms with Crippen molar-refractivity contribution in [3.05, 3.63) is 127 Å². The molecule has 16 atom stereocenters. The molecule has 754 valence electrons. The molecule has 139 heavy (non-hydrogen) atoms. The maximum Gasteiger partial charge on any atom is 0.329 e. The average Bonchev–Trinajstić information content (AvgIpc) is 1.75. The van der Waals surface area contributed by atoms with Gasteiger partial charge in [0.1, 0.15) is 53.5 Å². The number of aliphatic hydroxyl groups is 3. The van der Waals surface area contributed by atoms with E-state index in [1.807, 2.05) is 112 Å². The average molecular weight is 1930 g/mol. The van der Waals surface area contributed by atoms with Crippen LogP contribution in [-0.2, 0) is 95.8 Å². The molecule has 39 nitrogen and oxygen atoms in total.